The Bertz CT molecular complexity index is 3150. The molecule has 1 aromatic rings. The number of esters is 1. The smallest absolute Gasteiger partial charge is 0.337 e. The molecule has 29 heteroatoms. The molecule has 0 aliphatic carbocycles. The summed E-state index contributed by atoms with van der Waals surface area (Å²) < 4.78 is 4.79. The summed E-state index contributed by atoms with van der Waals surface area (Å²) in [4.78, 5) is 199. The van der Waals surface area contributed by atoms with Gasteiger partial charge in [-0.15, -0.1) is 0 Å². The summed E-state index contributed by atoms with van der Waals surface area (Å²) in [6.45, 7) is 28.6. The summed E-state index contributed by atoms with van der Waals surface area (Å²) in [5.74, 6) is -10.5. The van der Waals surface area contributed by atoms with Crippen LogP contribution in [0.5, 0.6) is 0 Å². The first-order chi connectivity index (χ1) is 50.9. The van der Waals surface area contributed by atoms with E-state index < -0.39 is 161 Å². The van der Waals surface area contributed by atoms with Crippen molar-refractivity contribution < 1.29 is 77.3 Å². The number of amides is 12. The fourth-order valence-electron chi connectivity index (χ4n) is 13.6. The average molecular weight is 1560 g/mol. The first kappa shape index (κ1) is 97.7. The van der Waals surface area contributed by atoms with E-state index in [0.29, 0.717) is 62.8 Å². The third-order valence-corrected chi connectivity index (χ3v) is 21.7. The van der Waals surface area contributed by atoms with E-state index in [0.717, 1.165) is 17.7 Å². The predicted molar refractivity (Wildman–Crippen MR) is 424 cm³/mol. The van der Waals surface area contributed by atoms with Crippen molar-refractivity contribution in [3.05, 3.63) is 35.4 Å². The maximum atomic E-state index is 15.7. The minimum absolute atomic E-state index is 0.00807. The number of nitrogens with one attached hydrogen (secondary N) is 5. The number of nitrogens with zero attached hydrogens (tertiary/aromatic N) is 7. The van der Waals surface area contributed by atoms with Crippen molar-refractivity contribution in [1.29, 1.82) is 0 Å². The van der Waals surface area contributed by atoms with Gasteiger partial charge in [0, 0.05) is 73.8 Å². The van der Waals surface area contributed by atoms with Crippen LogP contribution in [0.2, 0.25) is 0 Å². The molecule has 0 unspecified atom stereocenters. The number of hydrogen-bond acceptors (Lipinski definition) is 17. The van der Waals surface area contributed by atoms with Crippen LogP contribution in [0, 0.1) is 41.4 Å². The number of hydrogen-bond donors (Lipinski definition) is 7. The fourth-order valence-corrected chi connectivity index (χ4v) is 14.8. The Morgan fingerprint density at radius 2 is 0.982 bits per heavy atom. The van der Waals surface area contributed by atoms with Crippen molar-refractivity contribution in [2.24, 2.45) is 41.4 Å². The Labute approximate surface area is 654 Å². The van der Waals surface area contributed by atoms with E-state index in [1.807, 2.05) is 55.4 Å². The highest BCUT2D eigenvalue weighted by atomic mass is 32.2. The molecular formula is C80H138N12O16S. The molecule has 0 saturated carbocycles. The molecule has 1 saturated heterocycles. The lowest BCUT2D eigenvalue weighted by Crippen LogP contribution is -2.64. The summed E-state index contributed by atoms with van der Waals surface area (Å²) >= 11 is 1.34. The monoisotopic (exact) mass is 1560 g/mol. The molecule has 1 aliphatic heterocycles. The largest absolute Gasteiger partial charge is 0.465 e. The van der Waals surface area contributed by atoms with Gasteiger partial charge in [-0.05, 0) is 143 Å². The zero-order valence-electron chi connectivity index (χ0n) is 70.2. The van der Waals surface area contributed by atoms with E-state index in [1.54, 1.807) is 59.7 Å². The van der Waals surface area contributed by atoms with Crippen molar-refractivity contribution in [2.75, 3.05) is 81.1 Å². The third-order valence-electron chi connectivity index (χ3n) is 20.6. The van der Waals surface area contributed by atoms with Crippen molar-refractivity contribution in [2.45, 2.75) is 273 Å². The fraction of sp³-hybridized carbons (Fsp3) is 0.762. The number of carbonyl (C=O) groups is 13. The first-order valence-corrected chi connectivity index (χ1v) is 40.5. The van der Waals surface area contributed by atoms with Crippen LogP contribution in [0.1, 0.15) is 221 Å². The molecule has 28 nitrogen and oxygen atoms in total. The van der Waals surface area contributed by atoms with Crippen LogP contribution in [0.15, 0.2) is 24.3 Å². The summed E-state index contributed by atoms with van der Waals surface area (Å²) in [6, 6.07) is -7.98. The van der Waals surface area contributed by atoms with E-state index in [4.69, 9.17) is 4.74 Å². The van der Waals surface area contributed by atoms with Gasteiger partial charge in [0.25, 0.3) is 5.91 Å². The van der Waals surface area contributed by atoms with Gasteiger partial charge in [0.15, 0.2) is 0 Å². The Balaban J connectivity index is 3.01. The molecule has 13 atom stereocenters. The highest BCUT2D eigenvalue weighted by molar-refractivity contribution is 7.99. The van der Waals surface area contributed by atoms with Crippen molar-refractivity contribution in [1.82, 2.24) is 60.9 Å². The van der Waals surface area contributed by atoms with E-state index in [2.05, 4.69) is 26.6 Å². The number of unbranched alkanes of at least 4 members (excludes halogenated alkanes) is 5. The van der Waals surface area contributed by atoms with Crippen LogP contribution in [0.3, 0.4) is 0 Å². The maximum absolute atomic E-state index is 15.7. The molecule has 1 fully saturated rings. The Morgan fingerprint density at radius 1 is 0.495 bits per heavy atom. The minimum Gasteiger partial charge on any atom is -0.465 e. The van der Waals surface area contributed by atoms with Crippen molar-refractivity contribution >= 4 is 88.6 Å². The number of likely N-dealkylation sites (N-methyl/N-ethyl adjacent to an activating group) is 7. The van der Waals surface area contributed by atoms with E-state index in [1.165, 1.54) is 118 Å². The van der Waals surface area contributed by atoms with Crippen molar-refractivity contribution in [3.8, 4) is 0 Å². The minimum atomic E-state index is -1.70. The molecule has 12 amide bonds. The molecule has 1 aliphatic rings. The molecular weight excluding hydrogens is 1420 g/mol. The van der Waals surface area contributed by atoms with Gasteiger partial charge >= 0.3 is 5.97 Å². The summed E-state index contributed by atoms with van der Waals surface area (Å²) in [5, 5.41) is 36.5. The zero-order chi connectivity index (χ0) is 83.2. The second kappa shape index (κ2) is 47.7. The van der Waals surface area contributed by atoms with Gasteiger partial charge in [0.05, 0.1) is 18.8 Å². The van der Waals surface area contributed by atoms with Gasteiger partial charge in [0.1, 0.15) is 66.5 Å². The van der Waals surface area contributed by atoms with Gasteiger partial charge in [-0.25, -0.2) is 4.79 Å². The van der Waals surface area contributed by atoms with Gasteiger partial charge in [-0.1, -0.05) is 129 Å². The zero-order valence-corrected chi connectivity index (χ0v) is 71.0. The Morgan fingerprint density at radius 3 is 1.52 bits per heavy atom. The molecule has 1 aromatic carbocycles. The van der Waals surface area contributed by atoms with E-state index >= 15 is 33.6 Å². The Kier molecular flexibility index (Phi) is 42.8. The van der Waals surface area contributed by atoms with Crippen LogP contribution in [0.25, 0.3) is 0 Å². The molecule has 0 bridgehead atoms. The number of aliphatic hydroxyl groups excluding tert-OH is 2. The van der Waals surface area contributed by atoms with Crippen LogP contribution < -0.4 is 26.6 Å². The SMILES string of the molecule is CC[C@@H]1NC(=O)[C@H]([C@H](O)[C@H](C)CCCCCCCNC(=O)c2cccc(C(=O)OC)c2)N(C)C(=O)[C@H](C(C)C)N(C)C(=O)[C@H](CC(C)C)N(C)C(=O)[C@H](CC(C)C)N(C)C(=O)[C@H](C)NC(=O)[C@@H](C)NC(=O)[C@@H](CCC(C)C)N(C)C(=O)[C@@H](C(C)C)NC(=O)[C@H](CC(C)C)N(C)C(=O)[C@@H](CSCCCCO)N(C)C1=O. The molecule has 2 rings (SSSR count). The summed E-state index contributed by atoms with van der Waals surface area (Å²) in [6.07, 6.45) is 4.17. The summed E-state index contributed by atoms with van der Waals surface area (Å²) in [5.41, 5.74) is 0.565. The normalized spacial score (nSPS) is 24.1. The van der Waals surface area contributed by atoms with Gasteiger partial charge in [-0.2, -0.15) is 11.8 Å². The predicted octanol–water partition coefficient (Wildman–Crippen LogP) is 6.12. The summed E-state index contributed by atoms with van der Waals surface area (Å²) in [7, 11) is 11.3. The molecule has 109 heavy (non-hydrogen) atoms. The number of ether oxygens (including phenoxy) is 1. The van der Waals surface area contributed by atoms with Crippen LogP contribution in [-0.2, 0) is 57.5 Å². The van der Waals surface area contributed by atoms with Crippen molar-refractivity contribution in [3.63, 3.8) is 0 Å². The number of rotatable bonds is 30. The number of methoxy groups -OCH3 is 1. The Hall–Kier alpha value is -7.40. The standard InChI is InChI=1S/C80H138N12O16S/c1-25-58-74(101)90(21)63(46-109-41-32-31-40-93)77(104)87(18)60(42-48(4)5)71(98)85-64(51(10)11)78(105)86(17)59(38-37-47(2)3)70(97)82-54(15)68(95)83-55(16)73(100)88(19)61(43-49(6)7)75(102)89(20)62(44-50(8)9)76(103)91(22)65(52(12)13)79(106)92(23)66(72(99)84-58)67(94)53(14)34-29-27-26-28-30-39-81-69(96)56-35-33-36-57(45-56)80(107)108-24/h33,35-36,45,47-55,58-67,93-94H,25-32,34,37-44,46H2,1-24H3,(H,81,96)(H,82,97)(H,83,95)(H,84,99)(H,85,98)/t53-,54-,55+,58+,59-,60+,61+,62+,63-,64-,65+,66+,67-/m1/s1. The maximum Gasteiger partial charge on any atom is 0.337 e. The van der Waals surface area contributed by atoms with Gasteiger partial charge in [-0.3, -0.25) is 57.5 Å². The lowest BCUT2D eigenvalue weighted by Gasteiger charge is -2.41. The molecule has 0 spiro atoms. The third kappa shape index (κ3) is 29.7. The highest BCUT2D eigenvalue weighted by Crippen LogP contribution is 2.28. The number of benzene rings is 1. The second-order valence-corrected chi connectivity index (χ2v) is 33.4. The molecule has 7 N–H and O–H groups in total. The molecule has 0 radical (unpaired) electrons. The lowest BCUT2D eigenvalue weighted by atomic mass is 9.90. The van der Waals surface area contributed by atoms with Crippen LogP contribution in [0.4, 0.5) is 0 Å². The topological polar surface area (TPSA) is 354 Å². The van der Waals surface area contributed by atoms with Crippen LogP contribution >= 0.6 is 11.8 Å². The molecule has 1 heterocycles. The molecule has 620 valence electrons. The highest BCUT2D eigenvalue weighted by Gasteiger charge is 2.47. The quantitative estimate of drug-likeness (QED) is 0.0337. The van der Waals surface area contributed by atoms with Gasteiger partial charge < -0.3 is 75.8 Å². The van der Waals surface area contributed by atoms with Gasteiger partial charge in [0.2, 0.25) is 65.0 Å². The molecule has 0 aromatic heterocycles. The second-order valence-electron chi connectivity index (χ2n) is 32.2. The first-order valence-electron chi connectivity index (χ1n) is 39.4. The average Bonchev–Trinajstić information content (AvgIpc) is 0.797. The number of carbonyl (C=O) groups excluding carboxylic acids is 13. The number of aliphatic hydroxyl groups is 2. The lowest BCUT2D eigenvalue weighted by molar-refractivity contribution is -0.157. The van der Waals surface area contributed by atoms with E-state index in [-0.39, 0.29) is 79.6 Å². The van der Waals surface area contributed by atoms with E-state index in [9.17, 15) is 39.0 Å². The van der Waals surface area contributed by atoms with Crippen LogP contribution in [-0.4, -0.2) is 275 Å². The number of thioether (sulfide) groups is 1.